The van der Waals surface area contributed by atoms with E-state index in [1.807, 2.05) is 0 Å². The Morgan fingerprint density at radius 2 is 0.692 bits per heavy atom. The van der Waals surface area contributed by atoms with E-state index in [1.54, 1.807) is 0 Å². The molecule has 2 saturated carbocycles. The van der Waals surface area contributed by atoms with E-state index < -0.39 is 0 Å². The summed E-state index contributed by atoms with van der Waals surface area (Å²) in [6.07, 6.45) is 8.82. The molecule has 6 atom stereocenters. The highest BCUT2D eigenvalue weighted by Gasteiger charge is 2.33. The molecule has 0 bridgehead atoms. The highest BCUT2D eigenvalue weighted by atomic mass is 14.4. The first kappa shape index (κ1) is 24.0. The first-order valence-electron chi connectivity index (χ1n) is 12.0. The van der Waals surface area contributed by atoms with Crippen LogP contribution in [0.4, 0.5) is 0 Å². The highest BCUT2D eigenvalue weighted by Crippen LogP contribution is 2.42. The van der Waals surface area contributed by atoms with E-state index in [0.717, 1.165) is 59.2 Å². The summed E-state index contributed by atoms with van der Waals surface area (Å²) in [4.78, 5) is 0. The molecule has 2 fully saturated rings. The molecule has 2 aliphatic carbocycles. The average Bonchev–Trinajstić information content (AvgIpc) is 2.54. The second-order valence-corrected chi connectivity index (χ2v) is 11.5. The van der Waals surface area contributed by atoms with Crippen LogP contribution in [0, 0.1) is 59.2 Å². The van der Waals surface area contributed by atoms with Gasteiger partial charge in [-0.3, -0.25) is 0 Å². The summed E-state index contributed by atoms with van der Waals surface area (Å²) in [5, 5.41) is 0. The van der Waals surface area contributed by atoms with Gasteiger partial charge >= 0.3 is 0 Å². The monoisotopic (exact) mass is 364 g/mol. The molecule has 3 unspecified atom stereocenters. The number of rotatable bonds is 4. The molecule has 0 spiro atoms. The predicted octanol–water partition coefficient (Wildman–Crippen LogP) is 8.70. The van der Waals surface area contributed by atoms with E-state index in [2.05, 4.69) is 69.2 Å². The molecule has 0 saturated heterocycles. The third-order valence-electron chi connectivity index (χ3n) is 7.86. The van der Waals surface area contributed by atoms with Crippen LogP contribution in [-0.2, 0) is 0 Å². The Morgan fingerprint density at radius 1 is 0.423 bits per heavy atom. The molecule has 0 amide bonds. The van der Waals surface area contributed by atoms with Crippen LogP contribution in [-0.4, -0.2) is 0 Å². The second kappa shape index (κ2) is 11.1. The lowest BCUT2D eigenvalue weighted by Crippen LogP contribution is -2.30. The van der Waals surface area contributed by atoms with Crippen LogP contribution in [0.3, 0.4) is 0 Å². The van der Waals surface area contributed by atoms with Crippen LogP contribution in [0.1, 0.15) is 108 Å². The van der Waals surface area contributed by atoms with Crippen LogP contribution >= 0.6 is 0 Å². The maximum atomic E-state index is 2.42. The van der Waals surface area contributed by atoms with Crippen LogP contribution in [0.2, 0.25) is 0 Å². The van der Waals surface area contributed by atoms with Crippen LogP contribution in [0.15, 0.2) is 0 Å². The fraction of sp³-hybridized carbons (Fsp3) is 1.00. The molecule has 0 aromatic rings. The van der Waals surface area contributed by atoms with Gasteiger partial charge in [0.25, 0.3) is 0 Å². The van der Waals surface area contributed by atoms with Crippen molar-refractivity contribution in [1.29, 1.82) is 0 Å². The van der Waals surface area contributed by atoms with Crippen molar-refractivity contribution < 1.29 is 0 Å². The largest absolute Gasteiger partial charge is 0.0625 e. The van der Waals surface area contributed by atoms with Gasteiger partial charge in [-0.2, -0.15) is 0 Å². The van der Waals surface area contributed by atoms with Crippen molar-refractivity contribution in [3.63, 3.8) is 0 Å². The van der Waals surface area contributed by atoms with E-state index in [0.29, 0.717) is 0 Å². The van der Waals surface area contributed by atoms with Crippen molar-refractivity contribution in [2.45, 2.75) is 108 Å². The quantitative estimate of drug-likeness (QED) is 0.468. The molecule has 0 N–H and O–H groups in total. The molecule has 0 heteroatoms. The normalized spacial score (nSPS) is 35.8. The predicted molar refractivity (Wildman–Crippen MR) is 119 cm³/mol. The Balaban J connectivity index is 0.000000260. The Kier molecular flexibility index (Phi) is 10.3. The fourth-order valence-corrected chi connectivity index (χ4v) is 6.09. The summed E-state index contributed by atoms with van der Waals surface area (Å²) in [5.41, 5.74) is 0. The third kappa shape index (κ3) is 7.20. The minimum absolute atomic E-state index is 0.884. The SMILES string of the molecule is CC(C)[C@@H]1CC[C@@H](C)C[C@H]1C(C)C.CC1CCC(C(C)C)C(C(C)C)C1. The summed E-state index contributed by atoms with van der Waals surface area (Å²) < 4.78 is 0. The molecule has 2 aliphatic rings. The maximum absolute atomic E-state index is 2.42. The van der Waals surface area contributed by atoms with Crippen molar-refractivity contribution in [2.24, 2.45) is 59.2 Å². The van der Waals surface area contributed by atoms with Crippen molar-refractivity contribution in [3.8, 4) is 0 Å². The smallest absolute Gasteiger partial charge is 0.0358 e. The Labute approximate surface area is 167 Å². The Hall–Kier alpha value is 0. The molecular weight excluding hydrogens is 312 g/mol. The third-order valence-corrected chi connectivity index (χ3v) is 7.86. The highest BCUT2D eigenvalue weighted by molar-refractivity contribution is 4.83. The summed E-state index contributed by atoms with van der Waals surface area (Å²) in [6, 6.07) is 0. The van der Waals surface area contributed by atoms with Crippen molar-refractivity contribution in [2.75, 3.05) is 0 Å². The molecule has 0 aromatic heterocycles. The summed E-state index contributed by atoms with van der Waals surface area (Å²) >= 11 is 0. The van der Waals surface area contributed by atoms with Gasteiger partial charge in [-0.15, -0.1) is 0 Å². The van der Waals surface area contributed by atoms with Gasteiger partial charge < -0.3 is 0 Å². The maximum Gasteiger partial charge on any atom is -0.0358 e. The second-order valence-electron chi connectivity index (χ2n) is 11.5. The van der Waals surface area contributed by atoms with Gasteiger partial charge in [0.15, 0.2) is 0 Å². The van der Waals surface area contributed by atoms with Crippen LogP contribution < -0.4 is 0 Å². The van der Waals surface area contributed by atoms with Gasteiger partial charge in [-0.05, 0) is 84.9 Å². The van der Waals surface area contributed by atoms with Crippen molar-refractivity contribution >= 4 is 0 Å². The molecule has 0 nitrogen and oxygen atoms in total. The lowest BCUT2D eigenvalue weighted by Gasteiger charge is -2.39. The molecule has 0 heterocycles. The lowest BCUT2D eigenvalue weighted by atomic mass is 9.66. The van der Waals surface area contributed by atoms with Gasteiger partial charge in [0.1, 0.15) is 0 Å². The standard InChI is InChI=1S/2C13H26/c2*1-9(2)12-7-6-11(5)8-13(12)10(3)4/h2*9-13H,6-8H2,1-5H3/t11-,12+,13+;/m1./s1. The molecule has 26 heavy (non-hydrogen) atoms. The van der Waals surface area contributed by atoms with Gasteiger partial charge in [-0.1, -0.05) is 82.1 Å². The minimum Gasteiger partial charge on any atom is -0.0625 e. The number of hydrogen-bond donors (Lipinski definition) is 0. The molecular formula is C26H52. The first-order valence-corrected chi connectivity index (χ1v) is 12.0. The Bertz CT molecular complexity index is 328. The van der Waals surface area contributed by atoms with Gasteiger partial charge in [-0.25, -0.2) is 0 Å². The molecule has 156 valence electrons. The van der Waals surface area contributed by atoms with E-state index >= 15 is 0 Å². The van der Waals surface area contributed by atoms with Crippen LogP contribution in [0.5, 0.6) is 0 Å². The summed E-state index contributed by atoms with van der Waals surface area (Å²) in [6.45, 7) is 24.0. The first-order chi connectivity index (χ1) is 12.0. The van der Waals surface area contributed by atoms with E-state index in [9.17, 15) is 0 Å². The molecule has 0 radical (unpaired) electrons. The molecule has 0 aliphatic heterocycles. The van der Waals surface area contributed by atoms with Crippen molar-refractivity contribution in [3.05, 3.63) is 0 Å². The fourth-order valence-electron chi connectivity index (χ4n) is 6.09. The summed E-state index contributed by atoms with van der Waals surface area (Å²) in [7, 11) is 0. The minimum atomic E-state index is 0.884. The number of hydrogen-bond acceptors (Lipinski definition) is 0. The van der Waals surface area contributed by atoms with E-state index in [4.69, 9.17) is 0 Å². The van der Waals surface area contributed by atoms with E-state index in [1.165, 1.54) is 38.5 Å². The zero-order valence-corrected chi connectivity index (χ0v) is 20.0. The molecule has 2 rings (SSSR count). The Morgan fingerprint density at radius 3 is 0.923 bits per heavy atom. The van der Waals surface area contributed by atoms with Gasteiger partial charge in [0, 0.05) is 0 Å². The van der Waals surface area contributed by atoms with Crippen LogP contribution in [0.25, 0.3) is 0 Å². The average molecular weight is 365 g/mol. The summed E-state index contributed by atoms with van der Waals surface area (Å²) in [5.74, 6) is 9.47. The van der Waals surface area contributed by atoms with Gasteiger partial charge in [0.05, 0.1) is 0 Å². The lowest BCUT2D eigenvalue weighted by molar-refractivity contribution is 0.106. The topological polar surface area (TPSA) is 0 Å². The zero-order valence-electron chi connectivity index (χ0n) is 20.0. The van der Waals surface area contributed by atoms with Crippen molar-refractivity contribution in [1.82, 2.24) is 0 Å². The van der Waals surface area contributed by atoms with E-state index in [-0.39, 0.29) is 0 Å². The zero-order chi connectivity index (χ0) is 20.0. The molecule has 0 aromatic carbocycles. The van der Waals surface area contributed by atoms with Gasteiger partial charge in [0.2, 0.25) is 0 Å².